The molecule has 2 heterocycles. The highest BCUT2D eigenvalue weighted by Gasteiger charge is 2.38. The van der Waals surface area contributed by atoms with Gasteiger partial charge >= 0.3 is 12.0 Å². The van der Waals surface area contributed by atoms with E-state index in [1.807, 2.05) is 5.32 Å². The summed E-state index contributed by atoms with van der Waals surface area (Å²) in [5.41, 5.74) is 4.94. The lowest BCUT2D eigenvalue weighted by molar-refractivity contribution is -0.161. The molecule has 2 atom stereocenters. The summed E-state index contributed by atoms with van der Waals surface area (Å²) in [6.45, 7) is 3.82. The Morgan fingerprint density at radius 2 is 2.08 bits per heavy atom. The van der Waals surface area contributed by atoms with Gasteiger partial charge in [-0.25, -0.2) is 9.59 Å². The highest BCUT2D eigenvalue weighted by molar-refractivity contribution is 7.12. The summed E-state index contributed by atoms with van der Waals surface area (Å²) in [4.78, 5) is 49.9. The Balaban J connectivity index is 2.08. The molecule has 8 nitrogen and oxygen atoms in total. The van der Waals surface area contributed by atoms with Gasteiger partial charge in [0.2, 0.25) is 0 Å². The molecule has 1 saturated heterocycles. The van der Waals surface area contributed by atoms with Gasteiger partial charge in [0.15, 0.2) is 6.10 Å². The molecule has 0 unspecified atom stereocenters. The van der Waals surface area contributed by atoms with Crippen LogP contribution in [0.1, 0.15) is 36.4 Å². The molecule has 0 aliphatic carbocycles. The number of hydrogen-bond acceptors (Lipinski definition) is 6. The number of nitrogens with zero attached hydrogens (tertiary/aromatic N) is 1. The van der Waals surface area contributed by atoms with E-state index in [4.69, 9.17) is 10.5 Å². The lowest BCUT2D eigenvalue weighted by atomic mass is 10.1. The molecule has 4 amide bonds. The van der Waals surface area contributed by atoms with Crippen LogP contribution >= 0.6 is 11.3 Å². The first-order valence-corrected chi connectivity index (χ1v) is 8.84. The average Bonchev–Trinajstić information content (AvgIpc) is 3.21. The van der Waals surface area contributed by atoms with Gasteiger partial charge in [0.1, 0.15) is 6.04 Å². The molecule has 0 aromatic carbocycles. The molecule has 1 aromatic heterocycles. The third-order valence-electron chi connectivity index (χ3n) is 3.87. The molecule has 3 N–H and O–H groups in total. The standard InChI is InChI=1S/C16H21N3O5S/c1-9(2)12(13(20)18-16(17)23)24-15(22)10-5-3-7-19(10)14(21)11-6-4-8-25-11/h4,6,8-10,12H,3,5,7H2,1-2H3,(H3,17,18,20,23)/t10-,12+/m0/s1. The fourth-order valence-corrected chi connectivity index (χ4v) is 3.36. The number of rotatable bonds is 5. The zero-order valence-electron chi connectivity index (χ0n) is 14.1. The lowest BCUT2D eigenvalue weighted by Gasteiger charge is -2.26. The maximum atomic E-state index is 12.5. The first-order chi connectivity index (χ1) is 11.8. The van der Waals surface area contributed by atoms with Gasteiger partial charge in [0.05, 0.1) is 4.88 Å². The minimum Gasteiger partial charge on any atom is -0.450 e. The van der Waals surface area contributed by atoms with Crippen LogP contribution in [0.25, 0.3) is 0 Å². The Morgan fingerprint density at radius 3 is 2.64 bits per heavy atom. The Labute approximate surface area is 149 Å². The molecule has 0 radical (unpaired) electrons. The molecular weight excluding hydrogens is 346 g/mol. The van der Waals surface area contributed by atoms with E-state index >= 15 is 0 Å². The second kappa shape index (κ2) is 8.11. The van der Waals surface area contributed by atoms with Gasteiger partial charge < -0.3 is 15.4 Å². The number of nitrogens with one attached hydrogen (secondary N) is 1. The molecule has 0 saturated carbocycles. The van der Waals surface area contributed by atoms with Gasteiger partial charge in [-0.3, -0.25) is 14.9 Å². The third kappa shape index (κ3) is 4.56. The van der Waals surface area contributed by atoms with Crippen molar-refractivity contribution in [3.05, 3.63) is 22.4 Å². The van der Waals surface area contributed by atoms with Crippen LogP contribution in [0, 0.1) is 5.92 Å². The van der Waals surface area contributed by atoms with Crippen LogP contribution in [0.2, 0.25) is 0 Å². The molecular formula is C16H21N3O5S. The largest absolute Gasteiger partial charge is 0.450 e. The Morgan fingerprint density at radius 1 is 1.36 bits per heavy atom. The quantitative estimate of drug-likeness (QED) is 0.756. The summed E-state index contributed by atoms with van der Waals surface area (Å²) in [7, 11) is 0. The topological polar surface area (TPSA) is 119 Å². The summed E-state index contributed by atoms with van der Waals surface area (Å²) in [5, 5.41) is 3.71. The minimum absolute atomic E-state index is 0.225. The molecule has 0 bridgehead atoms. The van der Waals surface area contributed by atoms with Gasteiger partial charge in [-0.1, -0.05) is 19.9 Å². The maximum absolute atomic E-state index is 12.5. The van der Waals surface area contributed by atoms with E-state index in [-0.39, 0.29) is 11.8 Å². The predicted molar refractivity (Wildman–Crippen MR) is 90.8 cm³/mol. The van der Waals surface area contributed by atoms with E-state index in [1.54, 1.807) is 31.4 Å². The summed E-state index contributed by atoms with van der Waals surface area (Å²) in [6, 6.07) is 1.72. The number of thiophene rings is 1. The van der Waals surface area contributed by atoms with Crippen LogP contribution in [0.4, 0.5) is 4.79 Å². The average molecular weight is 367 g/mol. The zero-order chi connectivity index (χ0) is 18.6. The molecule has 1 aliphatic rings. The van der Waals surface area contributed by atoms with Crippen molar-refractivity contribution in [3.63, 3.8) is 0 Å². The van der Waals surface area contributed by atoms with Crippen LogP contribution in [-0.4, -0.2) is 47.4 Å². The summed E-state index contributed by atoms with van der Waals surface area (Å²) in [5.74, 6) is -2.01. The summed E-state index contributed by atoms with van der Waals surface area (Å²) >= 11 is 1.30. The van der Waals surface area contributed by atoms with Crippen molar-refractivity contribution >= 4 is 35.2 Å². The fraction of sp³-hybridized carbons (Fsp3) is 0.500. The molecule has 1 aliphatic heterocycles. The van der Waals surface area contributed by atoms with Crippen molar-refractivity contribution in [2.75, 3.05) is 6.54 Å². The first kappa shape index (κ1) is 18.9. The normalized spacial score (nSPS) is 18.0. The van der Waals surface area contributed by atoms with E-state index in [2.05, 4.69) is 0 Å². The van der Waals surface area contributed by atoms with E-state index in [1.165, 1.54) is 16.2 Å². The highest BCUT2D eigenvalue weighted by Crippen LogP contribution is 2.24. The molecule has 9 heteroatoms. The summed E-state index contributed by atoms with van der Waals surface area (Å²) in [6.07, 6.45) is -0.00571. The van der Waals surface area contributed by atoms with E-state index in [0.717, 1.165) is 0 Å². The monoisotopic (exact) mass is 367 g/mol. The van der Waals surface area contributed by atoms with Gasteiger partial charge in [0.25, 0.3) is 11.8 Å². The fourth-order valence-electron chi connectivity index (χ4n) is 2.69. The second-order valence-corrected chi connectivity index (χ2v) is 7.04. The van der Waals surface area contributed by atoms with Gasteiger partial charge in [-0.2, -0.15) is 0 Å². The second-order valence-electron chi connectivity index (χ2n) is 6.09. The number of carbonyl (C=O) groups is 4. The van der Waals surface area contributed by atoms with Gasteiger partial charge in [0, 0.05) is 6.54 Å². The number of nitrogens with two attached hydrogens (primary N) is 1. The number of amides is 4. The predicted octanol–water partition coefficient (Wildman–Crippen LogP) is 1.12. The molecule has 2 rings (SSSR count). The minimum atomic E-state index is -1.15. The number of ether oxygens (including phenoxy) is 1. The van der Waals surface area contributed by atoms with E-state index in [9.17, 15) is 19.2 Å². The van der Waals surface area contributed by atoms with Crippen molar-refractivity contribution < 1.29 is 23.9 Å². The van der Waals surface area contributed by atoms with Crippen LogP contribution in [0.15, 0.2) is 17.5 Å². The Bertz CT molecular complexity index is 659. The number of likely N-dealkylation sites (tertiary alicyclic amines) is 1. The molecule has 136 valence electrons. The number of esters is 1. The van der Waals surface area contributed by atoms with Crippen molar-refractivity contribution in [3.8, 4) is 0 Å². The Kier molecular flexibility index (Phi) is 6.13. The van der Waals surface area contributed by atoms with Crippen LogP contribution in [-0.2, 0) is 14.3 Å². The zero-order valence-corrected chi connectivity index (χ0v) is 14.9. The number of urea groups is 1. The number of hydrogen-bond donors (Lipinski definition) is 2. The highest BCUT2D eigenvalue weighted by atomic mass is 32.1. The molecule has 25 heavy (non-hydrogen) atoms. The van der Waals surface area contributed by atoms with E-state index in [0.29, 0.717) is 24.3 Å². The number of primary amides is 1. The van der Waals surface area contributed by atoms with Crippen LogP contribution in [0.3, 0.4) is 0 Å². The maximum Gasteiger partial charge on any atom is 0.329 e. The molecule has 1 fully saturated rings. The van der Waals surface area contributed by atoms with Gasteiger partial charge in [-0.05, 0) is 30.2 Å². The van der Waals surface area contributed by atoms with Crippen LogP contribution < -0.4 is 11.1 Å². The lowest BCUT2D eigenvalue weighted by Crippen LogP contribution is -2.48. The number of imide groups is 1. The summed E-state index contributed by atoms with van der Waals surface area (Å²) < 4.78 is 5.31. The van der Waals surface area contributed by atoms with Gasteiger partial charge in [-0.15, -0.1) is 11.3 Å². The first-order valence-electron chi connectivity index (χ1n) is 7.96. The third-order valence-corrected chi connectivity index (χ3v) is 4.73. The Hall–Kier alpha value is -2.42. The van der Waals surface area contributed by atoms with Crippen molar-refractivity contribution in [2.45, 2.75) is 38.8 Å². The van der Waals surface area contributed by atoms with Crippen molar-refractivity contribution in [1.82, 2.24) is 10.2 Å². The van der Waals surface area contributed by atoms with Crippen molar-refractivity contribution in [1.29, 1.82) is 0 Å². The SMILES string of the molecule is CC(C)[C@@H](OC(=O)[C@@H]1CCCN1C(=O)c1cccs1)C(=O)NC(N)=O. The van der Waals surface area contributed by atoms with Crippen LogP contribution in [0.5, 0.6) is 0 Å². The smallest absolute Gasteiger partial charge is 0.329 e. The van der Waals surface area contributed by atoms with Crippen molar-refractivity contribution in [2.24, 2.45) is 11.7 Å². The molecule has 0 spiro atoms. The van der Waals surface area contributed by atoms with E-state index < -0.39 is 30.1 Å². The molecule has 1 aromatic rings. The number of carbonyl (C=O) groups excluding carboxylic acids is 4.